The fraction of sp³-hybridized carbons (Fsp3) is 0.615. The molecule has 1 aromatic rings. The summed E-state index contributed by atoms with van der Waals surface area (Å²) in [6.07, 6.45) is 0. The molecule has 1 rings (SSSR count). The van der Waals surface area contributed by atoms with Crippen LogP contribution < -0.4 is 5.32 Å². The molecule has 1 unspecified atom stereocenters. The largest absolute Gasteiger partial charge is 0.478 e. The Morgan fingerprint density at radius 1 is 1.50 bits per heavy atom. The van der Waals surface area contributed by atoms with Gasteiger partial charge in [-0.1, -0.05) is 13.8 Å². The minimum atomic E-state index is -0.906. The van der Waals surface area contributed by atoms with Gasteiger partial charge in [0.25, 0.3) is 0 Å². The molecular weight excluding hydrogens is 232 g/mol. The highest BCUT2D eigenvalue weighted by molar-refractivity contribution is 5.89. The van der Waals surface area contributed by atoms with Gasteiger partial charge >= 0.3 is 5.97 Å². The maximum absolute atomic E-state index is 11.0. The second-order valence-electron chi connectivity index (χ2n) is 4.91. The first-order chi connectivity index (χ1) is 8.38. The van der Waals surface area contributed by atoms with E-state index in [1.165, 1.54) is 0 Å². The molecule has 0 aliphatic rings. The van der Waals surface area contributed by atoms with Crippen LogP contribution in [0.15, 0.2) is 6.07 Å². The molecule has 0 aliphatic heterocycles. The highest BCUT2D eigenvalue weighted by Gasteiger charge is 2.16. The number of nitrogens with zero attached hydrogens (tertiary/aromatic N) is 1. The number of aromatic carboxylic acids is 1. The van der Waals surface area contributed by atoms with Crippen LogP contribution in [0.3, 0.4) is 0 Å². The Bertz CT molecular complexity index is 424. The molecule has 0 amide bonds. The average Bonchev–Trinajstić information content (AvgIpc) is 2.57. The zero-order valence-electron chi connectivity index (χ0n) is 11.4. The predicted octanol–water partition coefficient (Wildman–Crippen LogP) is 1.14. The smallest absolute Gasteiger partial charge is 0.337 e. The number of aliphatic hydroxyl groups is 1. The van der Waals surface area contributed by atoms with Crippen molar-refractivity contribution >= 4 is 5.97 Å². The first-order valence-electron chi connectivity index (χ1n) is 6.11. The fourth-order valence-electron chi connectivity index (χ4n) is 1.90. The lowest BCUT2D eigenvalue weighted by Crippen LogP contribution is -2.36. The lowest BCUT2D eigenvalue weighted by Gasteiger charge is -2.20. The number of hydrogen-bond donors (Lipinski definition) is 3. The van der Waals surface area contributed by atoms with Crippen LogP contribution >= 0.6 is 0 Å². The quantitative estimate of drug-likeness (QED) is 0.711. The Morgan fingerprint density at radius 3 is 2.50 bits per heavy atom. The molecule has 0 saturated heterocycles. The van der Waals surface area contributed by atoms with E-state index in [2.05, 4.69) is 5.32 Å². The van der Waals surface area contributed by atoms with Crippen LogP contribution in [-0.2, 0) is 13.6 Å². The van der Waals surface area contributed by atoms with Gasteiger partial charge in [-0.05, 0) is 18.9 Å². The van der Waals surface area contributed by atoms with E-state index in [1.807, 2.05) is 25.5 Å². The Kier molecular flexibility index (Phi) is 4.93. The maximum atomic E-state index is 11.0. The SMILES string of the molecule is Cc1c(C(=O)O)cc(CNC(CO)C(C)C)n1C. The third kappa shape index (κ3) is 3.11. The Morgan fingerprint density at radius 2 is 2.11 bits per heavy atom. The second-order valence-corrected chi connectivity index (χ2v) is 4.91. The fourth-order valence-corrected chi connectivity index (χ4v) is 1.90. The molecule has 0 saturated carbocycles. The molecule has 1 atom stereocenters. The number of hydrogen-bond acceptors (Lipinski definition) is 3. The Labute approximate surface area is 107 Å². The van der Waals surface area contributed by atoms with Gasteiger partial charge in [-0.15, -0.1) is 0 Å². The average molecular weight is 254 g/mol. The number of aromatic nitrogens is 1. The third-order valence-corrected chi connectivity index (χ3v) is 3.41. The van der Waals surface area contributed by atoms with Crippen molar-refractivity contribution in [1.82, 2.24) is 9.88 Å². The molecule has 1 heterocycles. The first-order valence-corrected chi connectivity index (χ1v) is 6.11. The summed E-state index contributed by atoms with van der Waals surface area (Å²) in [6, 6.07) is 1.70. The van der Waals surface area contributed by atoms with E-state index in [9.17, 15) is 9.90 Å². The molecule has 0 spiro atoms. The first kappa shape index (κ1) is 14.7. The summed E-state index contributed by atoms with van der Waals surface area (Å²) in [5, 5.41) is 21.5. The van der Waals surface area contributed by atoms with Crippen molar-refractivity contribution in [2.75, 3.05) is 6.61 Å². The van der Waals surface area contributed by atoms with Gasteiger partial charge in [0, 0.05) is 31.0 Å². The summed E-state index contributed by atoms with van der Waals surface area (Å²) in [6.45, 7) is 6.49. The van der Waals surface area contributed by atoms with Gasteiger partial charge in [-0.2, -0.15) is 0 Å². The van der Waals surface area contributed by atoms with Gasteiger partial charge in [-0.25, -0.2) is 4.79 Å². The zero-order chi connectivity index (χ0) is 13.9. The highest BCUT2D eigenvalue weighted by atomic mass is 16.4. The zero-order valence-corrected chi connectivity index (χ0v) is 11.4. The van der Waals surface area contributed by atoms with Crippen molar-refractivity contribution in [2.24, 2.45) is 13.0 Å². The number of rotatable bonds is 6. The lowest BCUT2D eigenvalue weighted by molar-refractivity contribution is 0.0696. The van der Waals surface area contributed by atoms with Crippen LogP contribution in [0.2, 0.25) is 0 Å². The maximum Gasteiger partial charge on any atom is 0.337 e. The van der Waals surface area contributed by atoms with Crippen LogP contribution in [0.1, 0.15) is 35.6 Å². The molecular formula is C13H22N2O3. The summed E-state index contributed by atoms with van der Waals surface area (Å²) >= 11 is 0. The molecule has 1 aromatic heterocycles. The Balaban J connectivity index is 2.80. The normalized spacial score (nSPS) is 13.0. The van der Waals surface area contributed by atoms with Gasteiger partial charge in [-0.3, -0.25) is 0 Å². The minimum Gasteiger partial charge on any atom is -0.478 e. The number of carboxylic acids is 1. The summed E-state index contributed by atoms with van der Waals surface area (Å²) < 4.78 is 1.87. The lowest BCUT2D eigenvalue weighted by atomic mass is 10.1. The van der Waals surface area contributed by atoms with Crippen LogP contribution in [0.5, 0.6) is 0 Å². The van der Waals surface area contributed by atoms with Crippen molar-refractivity contribution in [3.05, 3.63) is 23.0 Å². The topological polar surface area (TPSA) is 74.5 Å². The van der Waals surface area contributed by atoms with Crippen molar-refractivity contribution in [3.8, 4) is 0 Å². The summed E-state index contributed by atoms with van der Waals surface area (Å²) in [5.41, 5.74) is 1.98. The molecule has 0 radical (unpaired) electrons. The molecule has 3 N–H and O–H groups in total. The summed E-state index contributed by atoms with van der Waals surface area (Å²) in [4.78, 5) is 11.0. The number of aliphatic hydroxyl groups excluding tert-OH is 1. The van der Waals surface area contributed by atoms with Crippen LogP contribution in [-0.4, -0.2) is 33.4 Å². The molecule has 18 heavy (non-hydrogen) atoms. The standard InChI is InChI=1S/C13H22N2O3/c1-8(2)12(7-16)14-6-10-5-11(13(17)18)9(3)15(10)4/h5,8,12,14,16H,6-7H2,1-4H3,(H,17,18). The Hall–Kier alpha value is -1.33. The van der Waals surface area contributed by atoms with Gasteiger partial charge in [0.05, 0.1) is 12.2 Å². The number of carboxylic acid groups (broad SMARTS) is 1. The van der Waals surface area contributed by atoms with E-state index in [1.54, 1.807) is 13.0 Å². The molecule has 5 heteroatoms. The van der Waals surface area contributed by atoms with Gasteiger partial charge in [0.1, 0.15) is 0 Å². The molecule has 0 aromatic carbocycles. The van der Waals surface area contributed by atoms with Crippen LogP contribution in [0.4, 0.5) is 0 Å². The van der Waals surface area contributed by atoms with E-state index in [0.717, 1.165) is 11.4 Å². The molecule has 102 valence electrons. The third-order valence-electron chi connectivity index (χ3n) is 3.41. The summed E-state index contributed by atoms with van der Waals surface area (Å²) in [7, 11) is 1.85. The van der Waals surface area contributed by atoms with Crippen LogP contribution in [0.25, 0.3) is 0 Å². The minimum absolute atomic E-state index is 0.0217. The predicted molar refractivity (Wildman–Crippen MR) is 69.7 cm³/mol. The van der Waals surface area contributed by atoms with E-state index < -0.39 is 5.97 Å². The molecule has 0 bridgehead atoms. The summed E-state index contributed by atoms with van der Waals surface area (Å²) in [5.74, 6) is -0.577. The van der Waals surface area contributed by atoms with Crippen molar-refractivity contribution in [3.63, 3.8) is 0 Å². The van der Waals surface area contributed by atoms with Crippen LogP contribution in [0, 0.1) is 12.8 Å². The van der Waals surface area contributed by atoms with E-state index in [0.29, 0.717) is 18.0 Å². The van der Waals surface area contributed by atoms with Crippen molar-refractivity contribution < 1.29 is 15.0 Å². The van der Waals surface area contributed by atoms with Crippen molar-refractivity contribution in [1.29, 1.82) is 0 Å². The molecule has 0 fully saturated rings. The molecule has 5 nitrogen and oxygen atoms in total. The van der Waals surface area contributed by atoms with Gasteiger partial charge in [0.15, 0.2) is 0 Å². The molecule has 0 aliphatic carbocycles. The van der Waals surface area contributed by atoms with E-state index in [-0.39, 0.29) is 12.6 Å². The number of nitrogens with one attached hydrogen (secondary N) is 1. The second kappa shape index (κ2) is 6.02. The highest BCUT2D eigenvalue weighted by Crippen LogP contribution is 2.14. The van der Waals surface area contributed by atoms with E-state index >= 15 is 0 Å². The monoisotopic (exact) mass is 254 g/mol. The van der Waals surface area contributed by atoms with Gasteiger partial charge in [0.2, 0.25) is 0 Å². The number of carbonyl (C=O) groups is 1. The van der Waals surface area contributed by atoms with E-state index in [4.69, 9.17) is 5.11 Å². The van der Waals surface area contributed by atoms with Crippen molar-refractivity contribution in [2.45, 2.75) is 33.4 Å². The van der Waals surface area contributed by atoms with Gasteiger partial charge < -0.3 is 20.1 Å².